The number of hydrogen-bond donors (Lipinski definition) is 1. The van der Waals surface area contributed by atoms with E-state index in [9.17, 15) is 22.8 Å². The first-order valence-electron chi connectivity index (χ1n) is 14.1. The molecule has 2 aliphatic rings. The number of nitrogens with zero attached hydrogens (tertiary/aromatic N) is 2. The summed E-state index contributed by atoms with van der Waals surface area (Å²) < 4.78 is 46.5. The van der Waals surface area contributed by atoms with Crippen molar-refractivity contribution in [2.75, 3.05) is 33.3 Å². The molecule has 2 atom stereocenters. The normalized spacial score (nSPS) is 18.2. The summed E-state index contributed by atoms with van der Waals surface area (Å²) in [5.74, 6) is -4.27. The van der Waals surface area contributed by atoms with E-state index < -0.39 is 23.2 Å². The summed E-state index contributed by atoms with van der Waals surface area (Å²) in [6.07, 6.45) is 1.67. The molecule has 5 rings (SSSR count). The van der Waals surface area contributed by atoms with E-state index in [0.29, 0.717) is 38.0 Å². The van der Waals surface area contributed by atoms with Gasteiger partial charge in [0.05, 0.1) is 12.6 Å². The maximum absolute atomic E-state index is 13.9. The van der Waals surface area contributed by atoms with Gasteiger partial charge in [-0.3, -0.25) is 9.59 Å². The van der Waals surface area contributed by atoms with Gasteiger partial charge in [0, 0.05) is 51.6 Å². The zero-order valence-electron chi connectivity index (χ0n) is 23.7. The van der Waals surface area contributed by atoms with Crippen LogP contribution < -0.4 is 10.1 Å². The van der Waals surface area contributed by atoms with E-state index in [1.54, 1.807) is 23.8 Å². The highest BCUT2D eigenvalue weighted by Crippen LogP contribution is 2.34. The molecule has 1 N–H and O–H groups in total. The largest absolute Gasteiger partial charge is 0.487 e. The van der Waals surface area contributed by atoms with Crippen LogP contribution in [0.2, 0.25) is 0 Å². The molecule has 2 aliphatic heterocycles. The molecule has 0 saturated carbocycles. The first-order valence-corrected chi connectivity index (χ1v) is 14.1. The molecule has 42 heavy (non-hydrogen) atoms. The van der Waals surface area contributed by atoms with Gasteiger partial charge in [-0.2, -0.15) is 4.39 Å². The van der Waals surface area contributed by atoms with Gasteiger partial charge in [0.15, 0.2) is 17.4 Å². The Hall–Kier alpha value is -4.11. The number of ether oxygens (including phenoxy) is 1. The minimum Gasteiger partial charge on any atom is -0.487 e. The fourth-order valence-corrected chi connectivity index (χ4v) is 5.66. The van der Waals surface area contributed by atoms with Crippen LogP contribution in [0.5, 0.6) is 5.75 Å². The zero-order valence-corrected chi connectivity index (χ0v) is 23.7. The summed E-state index contributed by atoms with van der Waals surface area (Å²) in [6.45, 7) is 3.06. The third-order valence-electron chi connectivity index (χ3n) is 7.95. The van der Waals surface area contributed by atoms with E-state index in [4.69, 9.17) is 4.74 Å². The van der Waals surface area contributed by atoms with Crippen molar-refractivity contribution in [3.05, 3.63) is 106 Å². The van der Waals surface area contributed by atoms with Crippen LogP contribution in [0.25, 0.3) is 5.57 Å². The highest BCUT2D eigenvalue weighted by molar-refractivity contribution is 6.03. The van der Waals surface area contributed by atoms with Crippen LogP contribution in [0.3, 0.4) is 0 Å². The first-order chi connectivity index (χ1) is 20.2. The number of hydrogen-bond acceptors (Lipinski definition) is 4. The molecule has 1 fully saturated rings. The van der Waals surface area contributed by atoms with Crippen LogP contribution in [0.1, 0.15) is 30.0 Å². The van der Waals surface area contributed by atoms with Crippen molar-refractivity contribution in [1.82, 2.24) is 15.1 Å². The van der Waals surface area contributed by atoms with Gasteiger partial charge in [0.25, 0.3) is 5.91 Å². The standard InChI is InChI=1S/C33H34F3N3O3/c1-21(40)39-19-25-18-26(30(29(20-39)37-25)33(41)38(2)16-14-22-6-4-3-5-7-22)24-10-8-23(9-11-24)15-17-42-32-28(35)13-12-27(34)31(32)36/h3-13,25,29,37H,14-20H2,1-2H3. The van der Waals surface area contributed by atoms with Crippen LogP contribution in [-0.2, 0) is 22.4 Å². The summed E-state index contributed by atoms with van der Waals surface area (Å²) in [4.78, 5) is 29.7. The summed E-state index contributed by atoms with van der Waals surface area (Å²) in [7, 11) is 1.81. The number of amides is 2. The van der Waals surface area contributed by atoms with Crippen molar-refractivity contribution < 1.29 is 27.5 Å². The Kier molecular flexibility index (Phi) is 8.97. The number of nitrogens with one attached hydrogen (secondary N) is 1. The lowest BCUT2D eigenvalue weighted by Gasteiger charge is -2.44. The molecule has 2 heterocycles. The maximum atomic E-state index is 13.9. The quantitative estimate of drug-likeness (QED) is 0.372. The van der Waals surface area contributed by atoms with Gasteiger partial charge in [0.1, 0.15) is 0 Å². The van der Waals surface area contributed by atoms with Crippen molar-refractivity contribution in [1.29, 1.82) is 0 Å². The molecule has 6 nitrogen and oxygen atoms in total. The number of benzene rings is 3. The third-order valence-corrected chi connectivity index (χ3v) is 7.95. The van der Waals surface area contributed by atoms with E-state index in [2.05, 4.69) is 5.32 Å². The van der Waals surface area contributed by atoms with Gasteiger partial charge in [-0.15, -0.1) is 0 Å². The number of carbonyl (C=O) groups excluding carboxylic acids is 2. The summed E-state index contributed by atoms with van der Waals surface area (Å²) in [6, 6.07) is 19.0. The van der Waals surface area contributed by atoms with Gasteiger partial charge in [-0.1, -0.05) is 54.6 Å². The molecule has 0 aliphatic carbocycles. The molecule has 0 radical (unpaired) electrons. The first kappa shape index (κ1) is 29.4. The SMILES string of the molecule is CC(=O)N1CC2CC(c3ccc(CCOc4c(F)ccc(F)c4F)cc3)=C(C(=O)N(C)CCc3ccccc3)C(C1)N2. The molecular weight excluding hydrogens is 543 g/mol. The molecule has 0 aromatic heterocycles. The molecule has 2 unspecified atom stereocenters. The average molecular weight is 578 g/mol. The van der Waals surface area contributed by atoms with E-state index in [-0.39, 0.29) is 30.5 Å². The molecule has 3 aromatic carbocycles. The second kappa shape index (κ2) is 12.8. The zero-order chi connectivity index (χ0) is 29.8. The molecule has 2 bridgehead atoms. The van der Waals surface area contributed by atoms with E-state index in [0.717, 1.165) is 40.8 Å². The van der Waals surface area contributed by atoms with Crippen LogP contribution in [0, 0.1) is 17.5 Å². The Morgan fingerprint density at radius 2 is 1.62 bits per heavy atom. The van der Waals surface area contributed by atoms with Crippen molar-refractivity contribution in [2.24, 2.45) is 0 Å². The number of piperazine rings is 1. The summed E-state index contributed by atoms with van der Waals surface area (Å²) >= 11 is 0. The lowest BCUT2D eigenvalue weighted by molar-refractivity contribution is -0.132. The Morgan fingerprint density at radius 3 is 2.33 bits per heavy atom. The van der Waals surface area contributed by atoms with Gasteiger partial charge in [-0.25, -0.2) is 8.78 Å². The predicted octanol–water partition coefficient (Wildman–Crippen LogP) is 4.77. The predicted molar refractivity (Wildman–Crippen MR) is 154 cm³/mol. The molecular formula is C33H34F3N3O3. The Labute approximate surface area is 243 Å². The molecule has 220 valence electrons. The number of likely N-dealkylation sites (N-methyl/N-ethyl adjacent to an activating group) is 1. The van der Waals surface area contributed by atoms with Crippen molar-refractivity contribution >= 4 is 17.4 Å². The van der Waals surface area contributed by atoms with Crippen molar-refractivity contribution in [3.8, 4) is 5.75 Å². The topological polar surface area (TPSA) is 61.9 Å². The maximum Gasteiger partial charge on any atom is 0.251 e. The number of rotatable bonds is 9. The minimum atomic E-state index is -1.34. The lowest BCUT2D eigenvalue weighted by Crippen LogP contribution is -2.61. The second-order valence-corrected chi connectivity index (χ2v) is 10.9. The van der Waals surface area contributed by atoms with Gasteiger partial charge >= 0.3 is 0 Å². The highest BCUT2D eigenvalue weighted by Gasteiger charge is 2.39. The number of carbonyl (C=O) groups is 2. The summed E-state index contributed by atoms with van der Waals surface area (Å²) in [5.41, 5.74) is 4.54. The Balaban J connectivity index is 1.35. The molecule has 2 amide bonds. The van der Waals surface area contributed by atoms with E-state index in [1.165, 1.54) is 0 Å². The molecule has 3 aromatic rings. The van der Waals surface area contributed by atoms with E-state index in [1.807, 2.05) is 54.6 Å². The second-order valence-electron chi connectivity index (χ2n) is 10.9. The monoisotopic (exact) mass is 577 g/mol. The van der Waals surface area contributed by atoms with Gasteiger partial charge in [-0.05, 0) is 47.2 Å². The van der Waals surface area contributed by atoms with Gasteiger partial charge in [0.2, 0.25) is 11.7 Å². The number of fused-ring (bicyclic) bond motifs is 2. The van der Waals surface area contributed by atoms with Crippen molar-refractivity contribution in [2.45, 2.75) is 38.3 Å². The smallest absolute Gasteiger partial charge is 0.251 e. The lowest BCUT2D eigenvalue weighted by atomic mass is 9.82. The fraction of sp³-hybridized carbons (Fsp3) is 0.333. The van der Waals surface area contributed by atoms with Crippen LogP contribution in [0.15, 0.2) is 72.3 Å². The third kappa shape index (κ3) is 6.51. The highest BCUT2D eigenvalue weighted by atomic mass is 19.2. The summed E-state index contributed by atoms with van der Waals surface area (Å²) in [5, 5.41) is 3.56. The Bertz CT molecular complexity index is 1480. The van der Waals surface area contributed by atoms with Crippen molar-refractivity contribution in [3.63, 3.8) is 0 Å². The average Bonchev–Trinajstić information content (AvgIpc) is 2.99. The number of halogens is 3. The molecule has 0 spiro atoms. The fourth-order valence-electron chi connectivity index (χ4n) is 5.66. The minimum absolute atomic E-state index is 0.0104. The molecule has 1 saturated heterocycles. The Morgan fingerprint density at radius 1 is 0.929 bits per heavy atom. The van der Waals surface area contributed by atoms with E-state index >= 15 is 0 Å². The molecule has 9 heteroatoms. The van der Waals surface area contributed by atoms with Crippen LogP contribution in [-0.4, -0.2) is 67.0 Å². The van der Waals surface area contributed by atoms with Crippen LogP contribution in [0.4, 0.5) is 13.2 Å². The van der Waals surface area contributed by atoms with Gasteiger partial charge < -0.3 is 19.9 Å². The van der Waals surface area contributed by atoms with Crippen LogP contribution >= 0.6 is 0 Å².